The molecule has 12 atom stereocenters. The maximum Gasteiger partial charge on any atom is 0.0787 e. The molecule has 2 saturated heterocycles. The highest BCUT2D eigenvalue weighted by atomic mass is 16.5. The number of nitrogens with zero attached hydrogens (tertiary/aromatic N) is 1. The molecule has 5 heteroatoms. The summed E-state index contributed by atoms with van der Waals surface area (Å²) < 4.78 is 13.2. The van der Waals surface area contributed by atoms with E-state index in [2.05, 4.69) is 38.7 Å². The average molecular weight is 526 g/mol. The second-order valence-corrected chi connectivity index (χ2v) is 16.0. The number of ether oxygens (including phenoxy) is 2. The van der Waals surface area contributed by atoms with Gasteiger partial charge < -0.3 is 19.7 Å². The van der Waals surface area contributed by atoms with Crippen LogP contribution in [0.3, 0.4) is 0 Å². The molecule has 0 amide bonds. The fraction of sp³-hybridized carbons (Fsp3) is 0.939. The minimum atomic E-state index is -0.216. The first-order valence-corrected chi connectivity index (χ1v) is 16.1. The molecule has 2 heterocycles. The van der Waals surface area contributed by atoms with Crippen molar-refractivity contribution >= 4 is 0 Å². The Morgan fingerprint density at radius 2 is 1.92 bits per heavy atom. The largest absolute Gasteiger partial charge is 0.394 e. The Morgan fingerprint density at radius 3 is 2.74 bits per heavy atom. The number of piperidine rings is 1. The van der Waals surface area contributed by atoms with Crippen molar-refractivity contribution in [2.45, 2.75) is 116 Å². The van der Waals surface area contributed by atoms with Crippen LogP contribution in [0.25, 0.3) is 0 Å². The highest BCUT2D eigenvalue weighted by Crippen LogP contribution is 3.01. The van der Waals surface area contributed by atoms with Crippen molar-refractivity contribution in [3.63, 3.8) is 0 Å². The van der Waals surface area contributed by atoms with E-state index in [1.165, 1.54) is 57.8 Å². The number of hydrogen-bond donors (Lipinski definition) is 2. The van der Waals surface area contributed by atoms with Gasteiger partial charge in [-0.15, -0.1) is 0 Å². The first kappa shape index (κ1) is 25.3. The molecule has 0 radical (unpaired) electrons. The molecule has 0 aromatic heterocycles. The molecular formula is C33H51NO4. The molecule has 0 aromatic carbocycles. The van der Waals surface area contributed by atoms with Gasteiger partial charge in [-0.1, -0.05) is 39.3 Å². The predicted octanol–water partition coefficient (Wildman–Crippen LogP) is 4.95. The minimum absolute atomic E-state index is 0.0153. The second kappa shape index (κ2) is 7.68. The zero-order valence-electron chi connectivity index (χ0n) is 24.3. The van der Waals surface area contributed by atoms with E-state index in [1.54, 1.807) is 5.57 Å². The predicted molar refractivity (Wildman–Crippen MR) is 146 cm³/mol. The number of hydrogen-bond acceptors (Lipinski definition) is 5. The summed E-state index contributed by atoms with van der Waals surface area (Å²) in [4.78, 5) is 2.71. The topological polar surface area (TPSA) is 62.2 Å². The van der Waals surface area contributed by atoms with Crippen molar-refractivity contribution in [2.75, 3.05) is 32.9 Å². The van der Waals surface area contributed by atoms with Gasteiger partial charge in [0, 0.05) is 30.5 Å². The summed E-state index contributed by atoms with van der Waals surface area (Å²) in [5.41, 5.74) is 3.83. The number of fused-ring (bicyclic) bond motifs is 4. The van der Waals surface area contributed by atoms with Crippen molar-refractivity contribution in [3.8, 4) is 0 Å². The van der Waals surface area contributed by atoms with Gasteiger partial charge >= 0.3 is 0 Å². The number of allylic oxidation sites excluding steroid dienone is 1. The second-order valence-electron chi connectivity index (χ2n) is 16.0. The molecule has 8 aliphatic rings. The molecule has 38 heavy (non-hydrogen) atoms. The summed E-state index contributed by atoms with van der Waals surface area (Å²) in [6.07, 6.45) is 15.3. The Hall–Kier alpha value is -0.460. The molecule has 6 aliphatic carbocycles. The fourth-order valence-electron chi connectivity index (χ4n) is 13.6. The molecule has 2 aliphatic heterocycles. The van der Waals surface area contributed by atoms with Crippen LogP contribution in [0.2, 0.25) is 0 Å². The van der Waals surface area contributed by atoms with Gasteiger partial charge in [-0.3, -0.25) is 4.90 Å². The lowest BCUT2D eigenvalue weighted by Crippen LogP contribution is -2.55. The van der Waals surface area contributed by atoms with Crippen LogP contribution >= 0.6 is 0 Å². The molecule has 8 rings (SSSR count). The van der Waals surface area contributed by atoms with E-state index >= 15 is 0 Å². The van der Waals surface area contributed by atoms with E-state index in [4.69, 9.17) is 14.6 Å². The zero-order chi connectivity index (χ0) is 26.3. The highest BCUT2D eigenvalue weighted by Gasteiger charge is 2.97. The van der Waals surface area contributed by atoms with Crippen molar-refractivity contribution in [1.29, 1.82) is 0 Å². The molecule has 0 bridgehead atoms. The van der Waals surface area contributed by atoms with Crippen LogP contribution in [0, 0.1) is 44.8 Å². The SMILES string of the molecule is C[C@H]1C[C@H]2O[C@]3(CC[C@@]45CC46CCC4=C[C@@H](O)CC[C@]4(C)[C@H]6CC54CC43C)[C@H](C)[C@@H]2N(CCOCCO)C1. The van der Waals surface area contributed by atoms with Crippen molar-refractivity contribution < 1.29 is 19.7 Å². The Bertz CT molecular complexity index is 1060. The zero-order valence-corrected chi connectivity index (χ0v) is 24.3. The first-order valence-electron chi connectivity index (χ1n) is 16.1. The number of aliphatic hydroxyl groups is 2. The molecule has 5 nitrogen and oxygen atoms in total. The van der Waals surface area contributed by atoms with Crippen molar-refractivity contribution in [1.82, 2.24) is 4.90 Å². The quantitative estimate of drug-likeness (QED) is 0.393. The van der Waals surface area contributed by atoms with Gasteiger partial charge in [-0.25, -0.2) is 0 Å². The highest BCUT2D eigenvalue weighted by molar-refractivity contribution is 5.47. The average Bonchev–Trinajstić information content (AvgIpc) is 3.66. The van der Waals surface area contributed by atoms with Gasteiger partial charge in [0.1, 0.15) is 0 Å². The summed E-state index contributed by atoms with van der Waals surface area (Å²) in [6.45, 7) is 13.5. The smallest absolute Gasteiger partial charge is 0.0787 e. The molecule has 3 unspecified atom stereocenters. The third-order valence-corrected chi connectivity index (χ3v) is 15.1. The van der Waals surface area contributed by atoms with E-state index in [0.717, 1.165) is 25.4 Å². The summed E-state index contributed by atoms with van der Waals surface area (Å²) in [5.74, 6) is 2.01. The first-order chi connectivity index (χ1) is 18.1. The molecule has 0 aromatic rings. The monoisotopic (exact) mass is 525 g/mol. The van der Waals surface area contributed by atoms with Crippen LogP contribution in [0.4, 0.5) is 0 Å². The summed E-state index contributed by atoms with van der Waals surface area (Å²) in [7, 11) is 0. The Balaban J connectivity index is 1.11. The van der Waals surface area contributed by atoms with Crippen LogP contribution in [-0.2, 0) is 9.47 Å². The maximum atomic E-state index is 10.5. The van der Waals surface area contributed by atoms with Crippen LogP contribution in [0.15, 0.2) is 11.6 Å². The molecule has 212 valence electrons. The Morgan fingerprint density at radius 1 is 1.08 bits per heavy atom. The van der Waals surface area contributed by atoms with Crippen LogP contribution in [-0.4, -0.2) is 71.9 Å². The maximum absolute atomic E-state index is 10.5. The third kappa shape index (κ3) is 2.65. The van der Waals surface area contributed by atoms with Gasteiger partial charge in [0.05, 0.1) is 37.6 Å². The summed E-state index contributed by atoms with van der Waals surface area (Å²) in [6, 6.07) is 0.496. The standard InChI is InChI=1S/C33H51NO4/c1-21-15-25-27(34(18-21)11-13-37-14-12-35)22(2)33(38-25)10-9-31-20-30(31)8-5-23-16-24(36)6-7-28(23,3)26(30)17-32(31)19-29(32,33)4/h16,21-22,24-27,35-36H,5-15,17-20H2,1-4H3/t21-,22+,24-,25+,26+,27-,28-,29?,30?,31+,32?,33+/m0/s1. The van der Waals surface area contributed by atoms with Crippen molar-refractivity contribution in [2.24, 2.45) is 44.8 Å². The molecular weight excluding hydrogens is 474 g/mol. The molecule has 5 saturated carbocycles. The van der Waals surface area contributed by atoms with Crippen LogP contribution < -0.4 is 0 Å². The van der Waals surface area contributed by atoms with Crippen LogP contribution in [0.1, 0.15) is 91.9 Å². The van der Waals surface area contributed by atoms with E-state index in [1.807, 2.05) is 0 Å². The van der Waals surface area contributed by atoms with Gasteiger partial charge in [-0.2, -0.15) is 0 Å². The summed E-state index contributed by atoms with van der Waals surface area (Å²) >= 11 is 0. The van der Waals surface area contributed by atoms with Gasteiger partial charge in [-0.05, 0) is 97.7 Å². The Kier molecular flexibility index (Phi) is 5.10. The number of aliphatic hydroxyl groups excluding tert-OH is 2. The van der Waals surface area contributed by atoms with E-state index in [9.17, 15) is 5.11 Å². The van der Waals surface area contributed by atoms with Crippen LogP contribution in [0.5, 0.6) is 0 Å². The van der Waals surface area contributed by atoms with Crippen molar-refractivity contribution in [3.05, 3.63) is 11.6 Å². The molecule has 4 spiro atoms. The summed E-state index contributed by atoms with van der Waals surface area (Å²) in [5, 5.41) is 19.6. The number of likely N-dealkylation sites (tertiary alicyclic amines) is 1. The molecule has 2 N–H and O–H groups in total. The van der Waals surface area contributed by atoms with Gasteiger partial charge in [0.2, 0.25) is 0 Å². The normalized spacial score (nSPS) is 59.8. The van der Waals surface area contributed by atoms with Gasteiger partial charge in [0.15, 0.2) is 0 Å². The molecule has 7 fully saturated rings. The lowest BCUT2D eigenvalue weighted by Gasteiger charge is -2.50. The lowest BCUT2D eigenvalue weighted by molar-refractivity contribution is -0.152. The van der Waals surface area contributed by atoms with E-state index in [0.29, 0.717) is 64.3 Å². The Labute approximate surface area is 229 Å². The lowest BCUT2D eigenvalue weighted by atomic mass is 9.55. The fourth-order valence-corrected chi connectivity index (χ4v) is 13.6. The minimum Gasteiger partial charge on any atom is -0.394 e. The number of rotatable bonds is 5. The van der Waals surface area contributed by atoms with E-state index < -0.39 is 0 Å². The third-order valence-electron chi connectivity index (χ3n) is 15.1. The van der Waals surface area contributed by atoms with E-state index in [-0.39, 0.29) is 18.3 Å². The van der Waals surface area contributed by atoms with Gasteiger partial charge in [0.25, 0.3) is 0 Å².